The molecule has 0 saturated heterocycles. The largest absolute Gasteiger partial charge is 0.304 e. The minimum atomic E-state index is -0.433. The van der Waals surface area contributed by atoms with Crippen LogP contribution in [0.15, 0.2) is 84.0 Å². The molecule has 2 heterocycles. The number of amides is 4. The Kier molecular flexibility index (Phi) is 5.02. The van der Waals surface area contributed by atoms with E-state index in [1.807, 2.05) is 0 Å². The first-order chi connectivity index (χ1) is 16.1. The van der Waals surface area contributed by atoms with E-state index in [1.54, 1.807) is 78.9 Å². The maximum Gasteiger partial charge on any atom is 0.279 e. The molecule has 0 aliphatic carbocycles. The topological polar surface area (TPSA) is 99.2 Å². The third kappa shape index (κ3) is 3.47. The Morgan fingerprint density at radius 2 is 1.21 bits per heavy atom. The fraction of sp³-hybridized carbons (Fsp3) is 0.0800. The standard InChI is InChI=1S/C25H18N4O4/c30-22(16-8-2-1-3-9-16)27-26-21-19-12-6-7-13-20(19)28(25(21)33)14-15-29-23(31)17-10-4-5-11-18(17)24(29)32/h1-13H,14-15H2,(H,27,30)/b26-21-. The number of para-hydroxylation sites is 1. The highest BCUT2D eigenvalue weighted by molar-refractivity contribution is 6.54. The van der Waals surface area contributed by atoms with Gasteiger partial charge >= 0.3 is 0 Å². The van der Waals surface area contributed by atoms with Crippen LogP contribution in [0.25, 0.3) is 0 Å². The van der Waals surface area contributed by atoms with Gasteiger partial charge in [-0.25, -0.2) is 5.43 Å². The molecule has 3 aromatic carbocycles. The SMILES string of the molecule is O=C(N/N=C1\C(=O)N(CCN2C(=O)c3ccccc3C2=O)c2ccccc21)c1ccccc1. The van der Waals surface area contributed by atoms with E-state index in [1.165, 1.54) is 4.90 Å². The van der Waals surface area contributed by atoms with E-state index < -0.39 is 11.8 Å². The monoisotopic (exact) mass is 438 g/mol. The summed E-state index contributed by atoms with van der Waals surface area (Å²) in [6.45, 7) is 0.142. The van der Waals surface area contributed by atoms with Gasteiger partial charge in [-0.2, -0.15) is 5.10 Å². The summed E-state index contributed by atoms with van der Waals surface area (Å²) < 4.78 is 0. The number of anilines is 1. The number of carbonyl (C=O) groups excluding carboxylic acids is 4. The minimum absolute atomic E-state index is 0.0378. The minimum Gasteiger partial charge on any atom is -0.304 e. The third-order valence-corrected chi connectivity index (χ3v) is 5.63. The molecule has 4 amide bonds. The highest BCUT2D eigenvalue weighted by Gasteiger charge is 2.38. The highest BCUT2D eigenvalue weighted by atomic mass is 16.2. The van der Waals surface area contributed by atoms with E-state index >= 15 is 0 Å². The molecule has 0 aromatic heterocycles. The molecule has 5 rings (SSSR count). The van der Waals surface area contributed by atoms with E-state index in [4.69, 9.17) is 0 Å². The van der Waals surface area contributed by atoms with Gasteiger partial charge < -0.3 is 4.90 Å². The van der Waals surface area contributed by atoms with Gasteiger partial charge in [0, 0.05) is 24.2 Å². The summed E-state index contributed by atoms with van der Waals surface area (Å²) in [6.07, 6.45) is 0. The number of hydrogen-bond donors (Lipinski definition) is 1. The fourth-order valence-electron chi connectivity index (χ4n) is 3.99. The van der Waals surface area contributed by atoms with Crippen LogP contribution in [0, 0.1) is 0 Å². The second-order valence-corrected chi connectivity index (χ2v) is 7.55. The summed E-state index contributed by atoms with van der Waals surface area (Å²) in [7, 11) is 0. The van der Waals surface area contributed by atoms with Gasteiger partial charge in [0.15, 0.2) is 5.71 Å². The first-order valence-electron chi connectivity index (χ1n) is 10.4. The van der Waals surface area contributed by atoms with Gasteiger partial charge in [-0.3, -0.25) is 24.1 Å². The lowest BCUT2D eigenvalue weighted by Gasteiger charge is -2.20. The number of hydrazone groups is 1. The molecule has 2 aliphatic rings. The van der Waals surface area contributed by atoms with E-state index in [9.17, 15) is 19.2 Å². The van der Waals surface area contributed by atoms with Crippen LogP contribution in [-0.4, -0.2) is 47.3 Å². The van der Waals surface area contributed by atoms with Crippen LogP contribution < -0.4 is 10.3 Å². The number of hydrogen-bond acceptors (Lipinski definition) is 5. The zero-order valence-electron chi connectivity index (χ0n) is 17.4. The quantitative estimate of drug-likeness (QED) is 0.489. The van der Waals surface area contributed by atoms with Crippen LogP contribution >= 0.6 is 0 Å². The highest BCUT2D eigenvalue weighted by Crippen LogP contribution is 2.29. The Morgan fingerprint density at radius 3 is 1.88 bits per heavy atom. The molecule has 0 saturated carbocycles. The van der Waals surface area contributed by atoms with Crippen LogP contribution in [0.2, 0.25) is 0 Å². The van der Waals surface area contributed by atoms with Crippen LogP contribution in [0.4, 0.5) is 5.69 Å². The Bertz CT molecular complexity index is 1300. The molecular formula is C25H18N4O4. The lowest BCUT2D eigenvalue weighted by Crippen LogP contribution is -2.40. The summed E-state index contributed by atoms with van der Waals surface area (Å²) >= 11 is 0. The second-order valence-electron chi connectivity index (χ2n) is 7.55. The number of rotatable bonds is 5. The van der Waals surface area contributed by atoms with Gasteiger partial charge in [-0.15, -0.1) is 0 Å². The fourth-order valence-corrected chi connectivity index (χ4v) is 3.99. The molecule has 0 fully saturated rings. The molecule has 1 N–H and O–H groups in total. The third-order valence-electron chi connectivity index (χ3n) is 5.63. The average molecular weight is 438 g/mol. The lowest BCUT2D eigenvalue weighted by molar-refractivity contribution is -0.112. The predicted octanol–water partition coefficient (Wildman–Crippen LogP) is 2.46. The number of nitrogens with one attached hydrogen (secondary N) is 1. The number of nitrogens with zero attached hydrogens (tertiary/aromatic N) is 3. The molecule has 0 bridgehead atoms. The average Bonchev–Trinajstić information content (AvgIpc) is 3.26. The van der Waals surface area contributed by atoms with Crippen molar-refractivity contribution in [2.75, 3.05) is 18.0 Å². The van der Waals surface area contributed by atoms with Crippen molar-refractivity contribution in [1.29, 1.82) is 0 Å². The maximum atomic E-state index is 13.2. The number of imide groups is 1. The summed E-state index contributed by atoms with van der Waals surface area (Å²) in [5.41, 5.74) is 4.85. The van der Waals surface area contributed by atoms with Crippen LogP contribution in [0.5, 0.6) is 0 Å². The maximum absolute atomic E-state index is 13.2. The Balaban J connectivity index is 1.35. The predicted molar refractivity (Wildman–Crippen MR) is 121 cm³/mol. The van der Waals surface area contributed by atoms with Gasteiger partial charge in [-0.05, 0) is 30.3 Å². The Labute approximate surface area is 189 Å². The van der Waals surface area contributed by atoms with Gasteiger partial charge in [0.1, 0.15) is 0 Å². The summed E-state index contributed by atoms with van der Waals surface area (Å²) in [5.74, 6) is -1.60. The molecule has 0 radical (unpaired) electrons. The smallest absolute Gasteiger partial charge is 0.279 e. The van der Waals surface area contributed by atoms with Gasteiger partial charge in [0.05, 0.1) is 16.8 Å². The van der Waals surface area contributed by atoms with Crippen LogP contribution in [0.3, 0.4) is 0 Å². The van der Waals surface area contributed by atoms with Crippen LogP contribution in [0.1, 0.15) is 36.6 Å². The molecule has 3 aromatic rings. The molecule has 33 heavy (non-hydrogen) atoms. The van der Waals surface area contributed by atoms with Crippen molar-refractivity contribution >= 4 is 35.0 Å². The van der Waals surface area contributed by atoms with Crippen molar-refractivity contribution in [3.8, 4) is 0 Å². The molecule has 0 spiro atoms. The van der Waals surface area contributed by atoms with Crippen molar-refractivity contribution in [2.45, 2.75) is 0 Å². The van der Waals surface area contributed by atoms with Crippen LogP contribution in [-0.2, 0) is 4.79 Å². The first-order valence-corrected chi connectivity index (χ1v) is 10.4. The molecular weight excluding hydrogens is 420 g/mol. The zero-order valence-corrected chi connectivity index (χ0v) is 17.4. The van der Waals surface area contributed by atoms with Crippen molar-refractivity contribution in [3.05, 3.63) is 101 Å². The normalized spacial score (nSPS) is 15.8. The van der Waals surface area contributed by atoms with Gasteiger partial charge in [0.25, 0.3) is 23.6 Å². The van der Waals surface area contributed by atoms with Crippen molar-refractivity contribution < 1.29 is 19.2 Å². The number of benzene rings is 3. The number of fused-ring (bicyclic) bond motifs is 2. The second kappa shape index (κ2) is 8.16. The van der Waals surface area contributed by atoms with E-state index in [2.05, 4.69) is 10.5 Å². The summed E-state index contributed by atoms with van der Waals surface area (Å²) in [6, 6.07) is 22.3. The summed E-state index contributed by atoms with van der Waals surface area (Å²) in [5, 5.41) is 4.09. The summed E-state index contributed by atoms with van der Waals surface area (Å²) in [4.78, 5) is 53.4. The van der Waals surface area contributed by atoms with Crippen molar-refractivity contribution in [2.24, 2.45) is 5.10 Å². The van der Waals surface area contributed by atoms with E-state index in [0.717, 1.165) is 4.90 Å². The molecule has 8 nitrogen and oxygen atoms in total. The van der Waals surface area contributed by atoms with Crippen molar-refractivity contribution in [3.63, 3.8) is 0 Å². The number of carbonyl (C=O) groups is 4. The van der Waals surface area contributed by atoms with Gasteiger partial charge in [-0.1, -0.05) is 48.5 Å². The molecule has 8 heteroatoms. The molecule has 0 atom stereocenters. The first kappa shape index (κ1) is 20.3. The van der Waals surface area contributed by atoms with E-state index in [-0.39, 0.29) is 30.6 Å². The lowest BCUT2D eigenvalue weighted by atomic mass is 10.1. The molecule has 0 unspecified atom stereocenters. The molecule has 2 aliphatic heterocycles. The van der Waals surface area contributed by atoms with Gasteiger partial charge in [0.2, 0.25) is 0 Å². The van der Waals surface area contributed by atoms with Crippen molar-refractivity contribution in [1.82, 2.24) is 10.3 Å². The zero-order chi connectivity index (χ0) is 22.9. The molecule has 162 valence electrons. The van der Waals surface area contributed by atoms with E-state index in [0.29, 0.717) is 27.9 Å². The Hall–Kier alpha value is -4.59. The Morgan fingerprint density at radius 1 is 0.667 bits per heavy atom.